The van der Waals surface area contributed by atoms with Gasteiger partial charge in [0.05, 0.1) is 36.9 Å². The van der Waals surface area contributed by atoms with E-state index in [9.17, 15) is 9.59 Å². The minimum atomic E-state index is -0.395. The van der Waals surface area contributed by atoms with Gasteiger partial charge in [-0.1, -0.05) is 42.1 Å². The molecule has 0 bridgehead atoms. The van der Waals surface area contributed by atoms with Crippen LogP contribution >= 0.6 is 11.8 Å². The van der Waals surface area contributed by atoms with Gasteiger partial charge < -0.3 is 14.4 Å². The molecular formula is C20H22N2O4S. The zero-order valence-electron chi connectivity index (χ0n) is 15.6. The first-order chi connectivity index (χ1) is 13.1. The Bertz CT molecular complexity index is 830. The highest BCUT2D eigenvalue weighted by atomic mass is 32.2. The van der Waals surface area contributed by atoms with Crippen LogP contribution in [0.1, 0.15) is 38.8 Å². The SMILES string of the molecule is CCOC(=O)CC1=CSC2=NC(C)=C(C(=O)OCC)C(c3ccccc3)N12. The van der Waals surface area contributed by atoms with Gasteiger partial charge in [-0.3, -0.25) is 4.79 Å². The predicted molar refractivity (Wildman–Crippen MR) is 105 cm³/mol. The Morgan fingerprint density at radius 1 is 1.15 bits per heavy atom. The Morgan fingerprint density at radius 2 is 1.85 bits per heavy atom. The second-order valence-electron chi connectivity index (χ2n) is 6.01. The molecule has 0 saturated heterocycles. The Balaban J connectivity index is 2.03. The van der Waals surface area contributed by atoms with E-state index in [0.29, 0.717) is 17.9 Å². The van der Waals surface area contributed by atoms with Crippen molar-refractivity contribution in [2.75, 3.05) is 13.2 Å². The lowest BCUT2D eigenvalue weighted by Gasteiger charge is -2.36. The Morgan fingerprint density at radius 3 is 2.52 bits per heavy atom. The number of rotatable bonds is 6. The maximum absolute atomic E-state index is 12.7. The van der Waals surface area contributed by atoms with Gasteiger partial charge in [-0.25, -0.2) is 9.79 Å². The molecule has 1 unspecified atom stereocenters. The summed E-state index contributed by atoms with van der Waals surface area (Å²) >= 11 is 1.44. The third kappa shape index (κ3) is 3.93. The molecule has 0 fully saturated rings. The van der Waals surface area contributed by atoms with E-state index in [1.54, 1.807) is 13.8 Å². The maximum Gasteiger partial charge on any atom is 0.338 e. The van der Waals surface area contributed by atoms with Crippen molar-refractivity contribution in [3.8, 4) is 0 Å². The molecular weight excluding hydrogens is 364 g/mol. The van der Waals surface area contributed by atoms with E-state index in [-0.39, 0.29) is 25.0 Å². The highest BCUT2D eigenvalue weighted by Gasteiger charge is 2.41. The second-order valence-corrected chi connectivity index (χ2v) is 6.84. The zero-order valence-corrected chi connectivity index (χ0v) is 16.4. The average Bonchev–Trinajstić information content (AvgIpc) is 3.03. The maximum atomic E-state index is 12.7. The van der Waals surface area contributed by atoms with E-state index in [1.165, 1.54) is 11.8 Å². The van der Waals surface area contributed by atoms with E-state index < -0.39 is 6.04 Å². The second kappa shape index (κ2) is 8.43. The number of hydrogen-bond acceptors (Lipinski definition) is 7. The lowest BCUT2D eigenvalue weighted by atomic mass is 9.94. The summed E-state index contributed by atoms with van der Waals surface area (Å²) in [5, 5.41) is 2.64. The summed E-state index contributed by atoms with van der Waals surface area (Å²) in [6.07, 6.45) is 0.123. The van der Waals surface area contributed by atoms with Crippen LogP contribution in [0, 0.1) is 0 Å². The van der Waals surface area contributed by atoms with Crippen LogP contribution in [0.2, 0.25) is 0 Å². The third-order valence-corrected chi connectivity index (χ3v) is 5.13. The minimum absolute atomic E-state index is 0.123. The molecule has 6 nitrogen and oxygen atoms in total. The lowest BCUT2D eigenvalue weighted by Crippen LogP contribution is -2.37. The quantitative estimate of drug-likeness (QED) is 0.693. The predicted octanol–water partition coefficient (Wildman–Crippen LogP) is 3.78. The molecule has 0 aliphatic carbocycles. The number of carbonyl (C=O) groups excluding carboxylic acids is 2. The smallest absolute Gasteiger partial charge is 0.338 e. The molecule has 0 saturated carbocycles. The number of hydrogen-bond donors (Lipinski definition) is 0. The molecule has 1 aromatic rings. The van der Waals surface area contributed by atoms with Crippen molar-refractivity contribution in [3.05, 3.63) is 58.3 Å². The molecule has 0 amide bonds. The van der Waals surface area contributed by atoms with Gasteiger partial charge >= 0.3 is 11.9 Å². The molecule has 2 aliphatic heterocycles. The first-order valence-electron chi connectivity index (χ1n) is 8.88. The summed E-state index contributed by atoms with van der Waals surface area (Å²) in [5.41, 5.74) is 2.82. The van der Waals surface area contributed by atoms with Gasteiger partial charge in [0.2, 0.25) is 0 Å². The van der Waals surface area contributed by atoms with E-state index in [4.69, 9.17) is 9.47 Å². The van der Waals surface area contributed by atoms with Crippen LogP contribution in [0.3, 0.4) is 0 Å². The number of amidine groups is 1. The number of benzene rings is 1. The fourth-order valence-electron chi connectivity index (χ4n) is 3.15. The molecule has 142 valence electrons. The van der Waals surface area contributed by atoms with Gasteiger partial charge in [0.15, 0.2) is 5.17 Å². The fourth-order valence-corrected chi connectivity index (χ4v) is 4.11. The first-order valence-corrected chi connectivity index (χ1v) is 9.76. The molecule has 0 aromatic heterocycles. The monoisotopic (exact) mass is 386 g/mol. The van der Waals surface area contributed by atoms with Crippen molar-refractivity contribution in [1.29, 1.82) is 0 Å². The molecule has 3 rings (SSSR count). The highest BCUT2D eigenvalue weighted by molar-refractivity contribution is 8.16. The molecule has 2 heterocycles. The van der Waals surface area contributed by atoms with Crippen LogP contribution in [0.25, 0.3) is 0 Å². The number of nitrogens with zero attached hydrogens (tertiary/aromatic N) is 2. The Kier molecular flexibility index (Phi) is 6.01. The molecule has 0 radical (unpaired) electrons. The molecule has 0 N–H and O–H groups in total. The van der Waals surface area contributed by atoms with Crippen molar-refractivity contribution >= 4 is 28.9 Å². The number of thioether (sulfide) groups is 1. The molecule has 1 atom stereocenters. The Labute approximate surface area is 162 Å². The summed E-state index contributed by atoms with van der Waals surface area (Å²) in [4.78, 5) is 31.3. The van der Waals surface area contributed by atoms with Gasteiger partial charge in [0.25, 0.3) is 0 Å². The van der Waals surface area contributed by atoms with Crippen LogP contribution in [0.15, 0.2) is 57.7 Å². The first kappa shape index (κ1) is 19.2. The van der Waals surface area contributed by atoms with Gasteiger partial charge in [0, 0.05) is 5.70 Å². The number of carbonyl (C=O) groups is 2. The zero-order chi connectivity index (χ0) is 19.4. The molecule has 2 aliphatic rings. The van der Waals surface area contributed by atoms with Gasteiger partial charge in [-0.2, -0.15) is 0 Å². The van der Waals surface area contributed by atoms with Gasteiger partial charge in [-0.15, -0.1) is 0 Å². The largest absolute Gasteiger partial charge is 0.466 e. The van der Waals surface area contributed by atoms with Crippen molar-refractivity contribution in [1.82, 2.24) is 4.90 Å². The van der Waals surface area contributed by atoms with E-state index >= 15 is 0 Å². The molecule has 0 spiro atoms. The topological polar surface area (TPSA) is 68.2 Å². The minimum Gasteiger partial charge on any atom is -0.466 e. The van der Waals surface area contributed by atoms with E-state index in [0.717, 1.165) is 16.4 Å². The van der Waals surface area contributed by atoms with Gasteiger partial charge in [-0.05, 0) is 31.7 Å². The van der Waals surface area contributed by atoms with Crippen molar-refractivity contribution < 1.29 is 19.1 Å². The van der Waals surface area contributed by atoms with Gasteiger partial charge in [0.1, 0.15) is 0 Å². The van der Waals surface area contributed by atoms with E-state index in [2.05, 4.69) is 4.99 Å². The van der Waals surface area contributed by atoms with Crippen LogP contribution in [0.4, 0.5) is 0 Å². The summed E-state index contributed by atoms with van der Waals surface area (Å²) in [6.45, 7) is 5.99. The number of allylic oxidation sites excluding steroid dienone is 1. The molecule has 1 aromatic carbocycles. The number of esters is 2. The van der Waals surface area contributed by atoms with Crippen LogP contribution in [0.5, 0.6) is 0 Å². The van der Waals surface area contributed by atoms with Crippen molar-refractivity contribution in [2.45, 2.75) is 33.2 Å². The third-order valence-electron chi connectivity index (χ3n) is 4.24. The number of aliphatic imine (C=N–C) groups is 1. The standard InChI is InChI=1S/C20H22N2O4S/c1-4-25-16(23)11-15-12-27-20-21-13(3)17(19(24)26-5-2)18(22(15)20)14-9-7-6-8-10-14/h6-10,12,18H,4-5,11H2,1-3H3. The Hall–Kier alpha value is -2.54. The lowest BCUT2D eigenvalue weighted by molar-refractivity contribution is -0.142. The van der Waals surface area contributed by atoms with Crippen LogP contribution in [-0.2, 0) is 19.1 Å². The summed E-state index contributed by atoms with van der Waals surface area (Å²) in [6, 6.07) is 9.31. The highest BCUT2D eigenvalue weighted by Crippen LogP contribution is 2.44. The summed E-state index contributed by atoms with van der Waals surface area (Å²) in [7, 11) is 0. The van der Waals surface area contributed by atoms with E-state index in [1.807, 2.05) is 47.6 Å². The van der Waals surface area contributed by atoms with Crippen LogP contribution in [-0.4, -0.2) is 35.2 Å². The van der Waals surface area contributed by atoms with Crippen LogP contribution < -0.4 is 0 Å². The average molecular weight is 386 g/mol. The number of ether oxygens (including phenoxy) is 2. The van der Waals surface area contributed by atoms with Crippen molar-refractivity contribution in [2.24, 2.45) is 4.99 Å². The summed E-state index contributed by atoms with van der Waals surface area (Å²) < 4.78 is 10.4. The molecule has 7 heteroatoms. The normalized spacial score (nSPS) is 18.6. The number of fused-ring (bicyclic) bond motifs is 1. The van der Waals surface area contributed by atoms with Crippen molar-refractivity contribution in [3.63, 3.8) is 0 Å². The fraction of sp³-hybridized carbons (Fsp3) is 0.350. The molecule has 27 heavy (non-hydrogen) atoms. The summed E-state index contributed by atoms with van der Waals surface area (Å²) in [5.74, 6) is -0.694.